The number of aromatic nitrogens is 1. The molecule has 0 radical (unpaired) electrons. The van der Waals surface area contributed by atoms with Crippen LogP contribution >= 0.6 is 11.3 Å². The largest absolute Gasteiger partial charge is 0.331 e. The van der Waals surface area contributed by atoms with Gasteiger partial charge in [-0.3, -0.25) is 0 Å². The summed E-state index contributed by atoms with van der Waals surface area (Å²) in [4.78, 5) is 4.81. The van der Waals surface area contributed by atoms with E-state index in [0.717, 1.165) is 41.1 Å². The van der Waals surface area contributed by atoms with E-state index >= 15 is 0 Å². The molecule has 0 fully saturated rings. The molecule has 0 spiro atoms. The van der Waals surface area contributed by atoms with Crippen molar-refractivity contribution in [2.24, 2.45) is 0 Å². The summed E-state index contributed by atoms with van der Waals surface area (Å²) in [6.45, 7) is 2.19. The Kier molecular flexibility index (Phi) is 8.50. The van der Waals surface area contributed by atoms with Gasteiger partial charge in [0.2, 0.25) is 5.52 Å². The van der Waals surface area contributed by atoms with Gasteiger partial charge >= 0.3 is 0 Å². The number of anilines is 3. The molecular formula is C39H39N3S+2. The van der Waals surface area contributed by atoms with Gasteiger partial charge < -0.3 is 9.38 Å². The third-order valence-corrected chi connectivity index (χ3v) is 8.78. The molecule has 0 aliphatic carbocycles. The lowest BCUT2D eigenvalue weighted by Gasteiger charge is -2.25. The molecule has 2 aromatic heterocycles. The molecule has 0 saturated heterocycles. The number of fused-ring (bicyclic) bond motifs is 1. The maximum atomic E-state index is 2.39. The van der Waals surface area contributed by atoms with E-state index in [4.69, 9.17) is 0 Å². The van der Waals surface area contributed by atoms with E-state index in [2.05, 4.69) is 176 Å². The van der Waals surface area contributed by atoms with Crippen molar-refractivity contribution >= 4 is 51.5 Å². The van der Waals surface area contributed by atoms with Crippen molar-refractivity contribution in [1.29, 1.82) is 0 Å². The number of benzene rings is 4. The van der Waals surface area contributed by atoms with Crippen LogP contribution in [-0.4, -0.2) is 32.2 Å². The number of aryl methyl sites for hydroxylation is 1. The van der Waals surface area contributed by atoms with Gasteiger partial charge in [-0.25, -0.2) is 0 Å². The van der Waals surface area contributed by atoms with Crippen molar-refractivity contribution in [1.82, 2.24) is 0 Å². The first-order valence-corrected chi connectivity index (χ1v) is 15.8. The lowest BCUT2D eigenvalue weighted by Crippen LogP contribution is -2.40. The Labute approximate surface area is 259 Å². The SMILES string of the molecule is C[N+](C)(C)CCC[n+]1ccc(/C=C/c2ccc(-c3ccc(N(c4ccccc4)c4ccccc4)cc3)s2)c2ccccc21. The van der Waals surface area contributed by atoms with Crippen LogP contribution in [-0.2, 0) is 6.54 Å². The van der Waals surface area contributed by atoms with Gasteiger partial charge in [-0.15, -0.1) is 11.3 Å². The second-order valence-corrected chi connectivity index (χ2v) is 13.1. The fourth-order valence-electron chi connectivity index (χ4n) is 5.51. The van der Waals surface area contributed by atoms with Crippen LogP contribution in [0.4, 0.5) is 17.1 Å². The molecule has 4 aromatic carbocycles. The van der Waals surface area contributed by atoms with E-state index in [-0.39, 0.29) is 0 Å². The van der Waals surface area contributed by atoms with Gasteiger partial charge in [0.25, 0.3) is 0 Å². The van der Waals surface area contributed by atoms with E-state index in [1.165, 1.54) is 31.8 Å². The van der Waals surface area contributed by atoms with Crippen LogP contribution in [0.25, 0.3) is 33.5 Å². The van der Waals surface area contributed by atoms with Crippen LogP contribution in [0, 0.1) is 0 Å². The zero-order chi connectivity index (χ0) is 29.6. The Hall–Kier alpha value is -4.51. The normalized spacial score (nSPS) is 11.8. The molecule has 0 N–H and O–H groups in total. The highest BCUT2D eigenvalue weighted by atomic mass is 32.1. The number of thiophene rings is 1. The van der Waals surface area contributed by atoms with E-state index < -0.39 is 0 Å². The van der Waals surface area contributed by atoms with Crippen molar-refractivity contribution in [2.45, 2.75) is 13.0 Å². The van der Waals surface area contributed by atoms with Crippen molar-refractivity contribution in [3.8, 4) is 10.4 Å². The maximum Gasteiger partial charge on any atom is 0.213 e. The summed E-state index contributed by atoms with van der Waals surface area (Å²) in [5.74, 6) is 0. The van der Waals surface area contributed by atoms with Crippen molar-refractivity contribution in [3.05, 3.63) is 144 Å². The van der Waals surface area contributed by atoms with E-state index in [0.29, 0.717) is 0 Å². The zero-order valence-corrected chi connectivity index (χ0v) is 26.0. The quantitative estimate of drug-likeness (QED) is 0.115. The van der Waals surface area contributed by atoms with Crippen LogP contribution in [0.15, 0.2) is 134 Å². The van der Waals surface area contributed by atoms with Crippen LogP contribution in [0.5, 0.6) is 0 Å². The monoisotopic (exact) mass is 581 g/mol. The second-order valence-electron chi connectivity index (χ2n) is 11.9. The van der Waals surface area contributed by atoms with Crippen molar-refractivity contribution in [3.63, 3.8) is 0 Å². The molecule has 3 nitrogen and oxygen atoms in total. The van der Waals surface area contributed by atoms with Gasteiger partial charge in [0.1, 0.15) is 0 Å². The summed E-state index contributed by atoms with van der Waals surface area (Å²) in [5.41, 5.74) is 7.21. The minimum absolute atomic E-state index is 0.992. The molecule has 0 saturated carbocycles. The summed E-state index contributed by atoms with van der Waals surface area (Å²) in [7, 11) is 6.77. The Morgan fingerprint density at radius 3 is 1.95 bits per heavy atom. The van der Waals surface area contributed by atoms with Crippen molar-refractivity contribution < 1.29 is 9.05 Å². The first-order valence-electron chi connectivity index (χ1n) is 14.9. The molecule has 6 aromatic rings. The van der Waals surface area contributed by atoms with Gasteiger partial charge in [0.15, 0.2) is 12.7 Å². The molecule has 0 atom stereocenters. The smallest absolute Gasteiger partial charge is 0.213 e. The molecule has 0 aliphatic rings. The summed E-state index contributed by atoms with van der Waals surface area (Å²) in [6, 6.07) is 45.4. The van der Waals surface area contributed by atoms with Crippen molar-refractivity contribution in [2.75, 3.05) is 32.6 Å². The molecule has 214 valence electrons. The molecule has 0 bridgehead atoms. The Balaban J connectivity index is 1.21. The molecule has 2 heterocycles. The number of rotatable bonds is 10. The fourth-order valence-corrected chi connectivity index (χ4v) is 6.43. The molecule has 4 heteroatoms. The van der Waals surface area contributed by atoms with Crippen LogP contribution < -0.4 is 9.47 Å². The number of nitrogens with zero attached hydrogens (tertiary/aromatic N) is 3. The molecule has 6 rings (SSSR count). The average Bonchev–Trinajstić information content (AvgIpc) is 3.51. The second kappa shape index (κ2) is 12.8. The summed E-state index contributed by atoms with van der Waals surface area (Å²) in [6.07, 6.45) is 7.91. The predicted octanol–water partition coefficient (Wildman–Crippen LogP) is 9.59. The number of quaternary nitrogens is 1. The first-order chi connectivity index (χ1) is 20.9. The Morgan fingerprint density at radius 1 is 0.651 bits per heavy atom. The van der Waals surface area contributed by atoms with E-state index in [1.54, 1.807) is 0 Å². The Bertz CT molecular complexity index is 1780. The highest BCUT2D eigenvalue weighted by Gasteiger charge is 2.15. The molecule has 0 aliphatic heterocycles. The van der Waals surface area contributed by atoms with Gasteiger partial charge in [-0.05, 0) is 71.8 Å². The van der Waals surface area contributed by atoms with Gasteiger partial charge in [0, 0.05) is 38.9 Å². The highest BCUT2D eigenvalue weighted by molar-refractivity contribution is 7.16. The third kappa shape index (κ3) is 6.94. The lowest BCUT2D eigenvalue weighted by atomic mass is 10.1. The number of hydrogen-bond acceptors (Lipinski definition) is 2. The van der Waals surface area contributed by atoms with E-state index in [1.807, 2.05) is 11.3 Å². The molecule has 43 heavy (non-hydrogen) atoms. The van der Waals surface area contributed by atoms with E-state index in [9.17, 15) is 0 Å². The fraction of sp³-hybridized carbons (Fsp3) is 0.154. The topological polar surface area (TPSA) is 7.12 Å². The number of pyridine rings is 1. The first kappa shape index (κ1) is 28.6. The van der Waals surface area contributed by atoms with Crippen LogP contribution in [0.1, 0.15) is 16.9 Å². The minimum atomic E-state index is 0.992. The summed E-state index contributed by atoms with van der Waals surface area (Å²) < 4.78 is 3.39. The van der Waals surface area contributed by atoms with Gasteiger partial charge in [-0.1, -0.05) is 66.7 Å². The molecule has 0 amide bonds. The predicted molar refractivity (Wildman–Crippen MR) is 185 cm³/mol. The van der Waals surface area contributed by atoms with Crippen LogP contribution in [0.3, 0.4) is 0 Å². The standard InChI is InChI=1S/C39H39N3S/c1-42(2,3)30-12-28-40-29-27-31(37-17-10-11-18-38(37)40)21-24-36-25-26-39(43-36)32-19-22-35(23-20-32)41(33-13-6-4-7-14-33)34-15-8-5-9-16-34/h4-11,13-27,29H,12,28,30H2,1-3H3/q+2. The highest BCUT2D eigenvalue weighted by Crippen LogP contribution is 2.36. The Morgan fingerprint density at radius 2 is 1.28 bits per heavy atom. The minimum Gasteiger partial charge on any atom is -0.331 e. The van der Waals surface area contributed by atoms with Gasteiger partial charge in [0.05, 0.1) is 39.5 Å². The maximum absolute atomic E-state index is 2.39. The number of hydrogen-bond donors (Lipinski definition) is 0. The zero-order valence-electron chi connectivity index (χ0n) is 25.2. The lowest BCUT2D eigenvalue weighted by molar-refractivity contribution is -0.873. The summed E-state index contributed by atoms with van der Waals surface area (Å²) in [5, 5.41) is 1.29. The molecule has 0 unspecified atom stereocenters. The van der Waals surface area contributed by atoms with Crippen LogP contribution in [0.2, 0.25) is 0 Å². The third-order valence-electron chi connectivity index (χ3n) is 7.68. The molecular weight excluding hydrogens is 543 g/mol. The van der Waals surface area contributed by atoms with Gasteiger partial charge in [-0.2, -0.15) is 4.57 Å². The average molecular weight is 582 g/mol. The number of para-hydroxylation sites is 3. The summed E-state index contributed by atoms with van der Waals surface area (Å²) >= 11 is 1.83.